The summed E-state index contributed by atoms with van der Waals surface area (Å²) >= 11 is 0. The van der Waals surface area contributed by atoms with Crippen molar-refractivity contribution in [2.75, 3.05) is 19.7 Å². The van der Waals surface area contributed by atoms with Crippen molar-refractivity contribution in [2.24, 2.45) is 5.92 Å². The number of carbonyl (C=O) groups is 2. The summed E-state index contributed by atoms with van der Waals surface area (Å²) in [5.74, 6) is -0.299. The summed E-state index contributed by atoms with van der Waals surface area (Å²) < 4.78 is 24.3. The Morgan fingerprint density at radius 1 is 1.41 bits per heavy atom. The van der Waals surface area contributed by atoms with E-state index in [2.05, 4.69) is 0 Å². The highest BCUT2D eigenvalue weighted by atomic mass is 19.1. The van der Waals surface area contributed by atoms with E-state index in [1.807, 2.05) is 20.8 Å². The van der Waals surface area contributed by atoms with Gasteiger partial charge in [0.2, 0.25) is 0 Å². The van der Waals surface area contributed by atoms with Gasteiger partial charge in [-0.15, -0.1) is 0 Å². The molecule has 0 radical (unpaired) electrons. The normalized spacial score (nSPS) is 15.2. The lowest BCUT2D eigenvalue weighted by molar-refractivity contribution is -0.00805. The van der Waals surface area contributed by atoms with Gasteiger partial charge in [-0.3, -0.25) is 4.79 Å². The zero-order valence-corrected chi connectivity index (χ0v) is 13.0. The zero-order chi connectivity index (χ0) is 16.3. The van der Waals surface area contributed by atoms with Gasteiger partial charge in [0.25, 0.3) is 0 Å². The van der Waals surface area contributed by atoms with Crippen LogP contribution in [-0.4, -0.2) is 42.6 Å². The Labute approximate surface area is 129 Å². The van der Waals surface area contributed by atoms with Crippen LogP contribution in [0.15, 0.2) is 18.2 Å². The summed E-state index contributed by atoms with van der Waals surface area (Å²) in [5, 5.41) is 0. The fourth-order valence-corrected chi connectivity index (χ4v) is 2.07. The molecule has 0 spiro atoms. The Hall–Kier alpha value is -2.11. The fraction of sp³-hybridized carbons (Fsp3) is 0.500. The maximum Gasteiger partial charge on any atom is 0.410 e. The summed E-state index contributed by atoms with van der Waals surface area (Å²) in [7, 11) is 0. The van der Waals surface area contributed by atoms with Gasteiger partial charge in [-0.05, 0) is 39.0 Å². The highest BCUT2D eigenvalue weighted by Crippen LogP contribution is 2.23. The molecule has 0 aliphatic carbocycles. The Balaban J connectivity index is 1.77. The van der Waals surface area contributed by atoms with E-state index in [0.29, 0.717) is 26.0 Å². The van der Waals surface area contributed by atoms with Crippen LogP contribution in [-0.2, 0) is 4.74 Å². The smallest absolute Gasteiger partial charge is 0.410 e. The molecular weight excluding hydrogens is 289 g/mol. The number of aldehydes is 1. The minimum absolute atomic E-state index is 0.112. The highest BCUT2D eigenvalue weighted by Gasteiger charge is 2.34. The van der Waals surface area contributed by atoms with Gasteiger partial charge in [-0.25, -0.2) is 9.18 Å². The van der Waals surface area contributed by atoms with Crippen molar-refractivity contribution in [1.29, 1.82) is 0 Å². The van der Waals surface area contributed by atoms with Crippen molar-refractivity contribution in [3.63, 3.8) is 0 Å². The molecule has 6 heteroatoms. The third-order valence-electron chi connectivity index (χ3n) is 3.18. The molecule has 0 saturated carbocycles. The van der Waals surface area contributed by atoms with Crippen LogP contribution in [0.5, 0.6) is 5.75 Å². The van der Waals surface area contributed by atoms with Gasteiger partial charge in [0.05, 0.1) is 6.61 Å². The van der Waals surface area contributed by atoms with Crippen LogP contribution in [0.2, 0.25) is 0 Å². The number of hydrogen-bond acceptors (Lipinski definition) is 4. The maximum atomic E-state index is 13.6. The molecule has 1 aliphatic heterocycles. The van der Waals surface area contributed by atoms with Crippen LogP contribution in [0.4, 0.5) is 9.18 Å². The van der Waals surface area contributed by atoms with Gasteiger partial charge in [0.15, 0.2) is 11.6 Å². The van der Waals surface area contributed by atoms with Gasteiger partial charge >= 0.3 is 6.09 Å². The van der Waals surface area contributed by atoms with Crippen molar-refractivity contribution >= 4 is 12.4 Å². The third kappa shape index (κ3) is 4.19. The molecular formula is C16H20FNO4. The fourth-order valence-electron chi connectivity index (χ4n) is 2.07. The van der Waals surface area contributed by atoms with Crippen molar-refractivity contribution in [1.82, 2.24) is 4.90 Å². The predicted octanol–water partition coefficient (Wildman–Crippen LogP) is 2.88. The van der Waals surface area contributed by atoms with Gasteiger partial charge in [-0.2, -0.15) is 0 Å². The number of halogens is 1. The van der Waals surface area contributed by atoms with Crippen LogP contribution in [0, 0.1) is 11.7 Å². The first-order chi connectivity index (χ1) is 10.3. The summed E-state index contributed by atoms with van der Waals surface area (Å²) in [6.45, 7) is 6.83. The molecule has 0 aromatic heterocycles. The maximum absolute atomic E-state index is 13.6. The van der Waals surface area contributed by atoms with E-state index in [4.69, 9.17) is 9.47 Å². The molecule has 1 heterocycles. The van der Waals surface area contributed by atoms with Gasteiger partial charge in [0, 0.05) is 24.6 Å². The number of amides is 1. The number of benzene rings is 1. The molecule has 0 N–H and O–H groups in total. The molecule has 1 amide bonds. The molecule has 0 unspecified atom stereocenters. The van der Waals surface area contributed by atoms with Gasteiger partial charge in [0.1, 0.15) is 11.9 Å². The molecule has 1 aromatic carbocycles. The van der Waals surface area contributed by atoms with E-state index in [0.717, 1.165) is 6.07 Å². The summed E-state index contributed by atoms with van der Waals surface area (Å²) in [4.78, 5) is 23.9. The third-order valence-corrected chi connectivity index (χ3v) is 3.18. The first kappa shape index (κ1) is 16.3. The lowest BCUT2D eigenvalue weighted by Gasteiger charge is -2.39. The van der Waals surface area contributed by atoms with Crippen LogP contribution in [0.25, 0.3) is 0 Å². The second kappa shape index (κ2) is 6.34. The summed E-state index contributed by atoms with van der Waals surface area (Å²) in [5.41, 5.74) is -0.244. The number of likely N-dealkylation sites (tertiary alicyclic amines) is 1. The first-order valence-corrected chi connectivity index (χ1v) is 7.14. The number of nitrogens with zero attached hydrogens (tertiary/aromatic N) is 1. The topological polar surface area (TPSA) is 55.8 Å². The molecule has 1 aromatic rings. The average Bonchev–Trinajstić information content (AvgIpc) is 2.36. The predicted molar refractivity (Wildman–Crippen MR) is 78.6 cm³/mol. The Morgan fingerprint density at radius 3 is 2.64 bits per heavy atom. The lowest BCUT2D eigenvalue weighted by atomic mass is 10.0. The standard InChI is InChI=1S/C16H20FNO4/c1-16(2,3)22-15(20)18-7-12(8-18)10-21-14-5-4-11(9-19)6-13(14)17/h4-6,9,12H,7-8,10H2,1-3H3. The van der Waals surface area contributed by atoms with Crippen LogP contribution < -0.4 is 4.74 Å². The van der Waals surface area contributed by atoms with E-state index in [1.165, 1.54) is 12.1 Å². The molecule has 2 rings (SSSR count). The van der Waals surface area contributed by atoms with E-state index in [9.17, 15) is 14.0 Å². The minimum atomic E-state index is -0.562. The number of carbonyl (C=O) groups excluding carboxylic acids is 2. The largest absolute Gasteiger partial charge is 0.490 e. The Morgan fingerprint density at radius 2 is 2.09 bits per heavy atom. The molecule has 0 bridgehead atoms. The Bertz CT molecular complexity index is 562. The van der Waals surface area contributed by atoms with Crippen LogP contribution in [0.1, 0.15) is 31.1 Å². The second-order valence-corrected chi connectivity index (χ2v) is 6.37. The van der Waals surface area contributed by atoms with Crippen molar-refractivity contribution < 1.29 is 23.5 Å². The molecule has 22 heavy (non-hydrogen) atoms. The average molecular weight is 309 g/mol. The zero-order valence-electron chi connectivity index (χ0n) is 13.0. The Kier molecular flexibility index (Phi) is 4.68. The van der Waals surface area contributed by atoms with Crippen molar-refractivity contribution in [2.45, 2.75) is 26.4 Å². The quantitative estimate of drug-likeness (QED) is 0.803. The van der Waals surface area contributed by atoms with Crippen molar-refractivity contribution in [3.05, 3.63) is 29.6 Å². The van der Waals surface area contributed by atoms with Crippen LogP contribution >= 0.6 is 0 Å². The first-order valence-electron chi connectivity index (χ1n) is 7.14. The van der Waals surface area contributed by atoms with E-state index >= 15 is 0 Å². The number of ether oxygens (including phenoxy) is 2. The second-order valence-electron chi connectivity index (χ2n) is 6.37. The molecule has 1 fully saturated rings. The molecule has 0 atom stereocenters. The van der Waals surface area contributed by atoms with Crippen LogP contribution in [0.3, 0.4) is 0 Å². The summed E-state index contributed by atoms with van der Waals surface area (Å²) in [6.07, 6.45) is 0.239. The van der Waals surface area contributed by atoms with Gasteiger partial charge in [-0.1, -0.05) is 0 Å². The van der Waals surface area contributed by atoms with Crippen molar-refractivity contribution in [3.8, 4) is 5.75 Å². The molecule has 1 saturated heterocycles. The number of hydrogen-bond donors (Lipinski definition) is 0. The SMILES string of the molecule is CC(C)(C)OC(=O)N1CC(COc2ccc(C=O)cc2F)C1. The molecule has 5 nitrogen and oxygen atoms in total. The van der Waals surface area contributed by atoms with E-state index in [-0.39, 0.29) is 23.3 Å². The monoisotopic (exact) mass is 309 g/mol. The molecule has 1 aliphatic rings. The van der Waals surface area contributed by atoms with Gasteiger partial charge < -0.3 is 14.4 Å². The summed E-state index contributed by atoms with van der Waals surface area (Å²) in [6, 6.07) is 4.07. The van der Waals surface area contributed by atoms with E-state index in [1.54, 1.807) is 4.90 Å². The lowest BCUT2D eigenvalue weighted by Crippen LogP contribution is -2.53. The highest BCUT2D eigenvalue weighted by molar-refractivity contribution is 5.75. The number of rotatable bonds is 4. The molecule has 120 valence electrons. The van der Waals surface area contributed by atoms with E-state index < -0.39 is 11.4 Å². The minimum Gasteiger partial charge on any atom is -0.490 e.